The van der Waals surface area contributed by atoms with Gasteiger partial charge in [0.05, 0.1) is 23.0 Å². The molecule has 154 valence electrons. The van der Waals surface area contributed by atoms with E-state index in [0.29, 0.717) is 22.6 Å². The number of anilines is 2. The molecule has 0 aliphatic heterocycles. The van der Waals surface area contributed by atoms with Crippen LogP contribution < -0.4 is 11.1 Å². The van der Waals surface area contributed by atoms with Crippen molar-refractivity contribution in [3.05, 3.63) is 66.4 Å². The first kappa shape index (κ1) is 20.0. The fraction of sp³-hybridized carbons (Fsp3) is 0.100. The number of nitrogens with two attached hydrogens (primary N) is 1. The monoisotopic (exact) mass is 431 g/mol. The van der Waals surface area contributed by atoms with Crippen molar-refractivity contribution in [1.29, 1.82) is 0 Å². The maximum Gasteiger partial charge on any atom is 0.416 e. The first-order valence-corrected chi connectivity index (χ1v) is 9.91. The number of nitrogens with one attached hydrogen (secondary N) is 1. The van der Waals surface area contributed by atoms with Crippen molar-refractivity contribution >= 4 is 34.0 Å². The Morgan fingerprint density at radius 3 is 2.43 bits per heavy atom. The summed E-state index contributed by atoms with van der Waals surface area (Å²) in [5.41, 5.74) is 6.87. The van der Waals surface area contributed by atoms with Gasteiger partial charge in [-0.3, -0.25) is 0 Å². The highest BCUT2D eigenvalue weighted by Gasteiger charge is 2.31. The predicted molar refractivity (Wildman–Crippen MR) is 110 cm³/mol. The Hall–Kier alpha value is -3.24. The molecule has 30 heavy (non-hydrogen) atoms. The normalized spacial score (nSPS) is 12.8. The fourth-order valence-corrected chi connectivity index (χ4v) is 4.23. The lowest BCUT2D eigenvalue weighted by Gasteiger charge is -2.12. The molecule has 2 heterocycles. The zero-order valence-electron chi connectivity index (χ0n) is 15.6. The Balaban J connectivity index is 1.82. The van der Waals surface area contributed by atoms with Gasteiger partial charge in [-0.1, -0.05) is 18.2 Å². The lowest BCUT2D eigenvalue weighted by atomic mass is 10.1. The molecular weight excluding hydrogens is 415 g/mol. The molecule has 1 atom stereocenters. The summed E-state index contributed by atoms with van der Waals surface area (Å²) < 4.78 is 53.2. The van der Waals surface area contributed by atoms with Crippen molar-refractivity contribution in [2.75, 3.05) is 18.1 Å². The molecule has 4 rings (SSSR count). The van der Waals surface area contributed by atoms with Gasteiger partial charge in [0.25, 0.3) is 0 Å². The van der Waals surface area contributed by atoms with Gasteiger partial charge in [0.1, 0.15) is 17.2 Å². The molecule has 0 unspecified atom stereocenters. The third-order valence-electron chi connectivity index (χ3n) is 4.52. The molecule has 0 bridgehead atoms. The van der Waals surface area contributed by atoms with Crippen LogP contribution >= 0.6 is 0 Å². The minimum Gasteiger partial charge on any atom is -0.587 e. The van der Waals surface area contributed by atoms with E-state index in [1.165, 1.54) is 16.1 Å². The van der Waals surface area contributed by atoms with Crippen LogP contribution in [0, 0.1) is 0 Å². The minimum absolute atomic E-state index is 0.0811. The second kappa shape index (κ2) is 7.54. The van der Waals surface area contributed by atoms with Gasteiger partial charge in [0, 0.05) is 24.1 Å². The first-order chi connectivity index (χ1) is 14.3. The number of halogens is 3. The smallest absolute Gasteiger partial charge is 0.416 e. The van der Waals surface area contributed by atoms with Crippen LogP contribution in [-0.4, -0.2) is 25.5 Å². The van der Waals surface area contributed by atoms with Crippen LogP contribution in [0.25, 0.3) is 22.2 Å². The molecule has 0 radical (unpaired) electrons. The summed E-state index contributed by atoms with van der Waals surface area (Å²) in [6.45, 7) is 0. The van der Waals surface area contributed by atoms with Gasteiger partial charge in [-0.2, -0.15) is 22.1 Å². The predicted octanol–water partition coefficient (Wildman–Crippen LogP) is 4.31. The summed E-state index contributed by atoms with van der Waals surface area (Å²) in [7, 11) is 1.70. The van der Waals surface area contributed by atoms with Crippen LogP contribution in [-0.2, 0) is 17.5 Å². The molecule has 0 saturated heterocycles. The molecule has 4 aromatic rings. The summed E-state index contributed by atoms with van der Waals surface area (Å²) in [5, 5.41) is 3.68. The molecule has 2 aromatic heterocycles. The molecule has 0 aliphatic rings. The third-order valence-corrected chi connectivity index (χ3v) is 5.85. The SMILES string of the molecule is CNc1cc(-c2cn([S@+]([O-])c3ccc(C(F)(F)F)cc3)c3ccccc23)nc(N)n1. The van der Waals surface area contributed by atoms with Gasteiger partial charge in [0.15, 0.2) is 4.90 Å². The number of nitrogens with zero attached hydrogens (tertiary/aromatic N) is 3. The van der Waals surface area contributed by atoms with E-state index < -0.39 is 23.1 Å². The summed E-state index contributed by atoms with van der Waals surface area (Å²) in [6, 6.07) is 13.2. The number of rotatable bonds is 4. The number of benzene rings is 2. The van der Waals surface area contributed by atoms with Crippen LogP contribution in [0.4, 0.5) is 24.9 Å². The Kier molecular flexibility index (Phi) is 5.04. The molecule has 0 aliphatic carbocycles. The summed E-state index contributed by atoms with van der Waals surface area (Å²) in [6.07, 6.45) is -2.80. The summed E-state index contributed by atoms with van der Waals surface area (Å²) in [5.74, 6) is 0.607. The lowest BCUT2D eigenvalue weighted by molar-refractivity contribution is -0.137. The minimum atomic E-state index is -4.45. The van der Waals surface area contributed by atoms with Crippen molar-refractivity contribution < 1.29 is 17.7 Å². The van der Waals surface area contributed by atoms with Crippen molar-refractivity contribution in [3.63, 3.8) is 0 Å². The van der Waals surface area contributed by atoms with Crippen molar-refractivity contribution in [2.24, 2.45) is 0 Å². The number of fused-ring (bicyclic) bond motifs is 1. The molecule has 10 heteroatoms. The Labute approximate surface area is 172 Å². The van der Waals surface area contributed by atoms with E-state index in [4.69, 9.17) is 5.73 Å². The summed E-state index contributed by atoms with van der Waals surface area (Å²) >= 11 is -1.76. The van der Waals surface area contributed by atoms with E-state index in [1.54, 1.807) is 31.4 Å². The molecule has 0 spiro atoms. The Bertz CT molecular complexity index is 1210. The molecule has 0 amide bonds. The molecule has 0 fully saturated rings. The van der Waals surface area contributed by atoms with Gasteiger partial charge < -0.3 is 15.6 Å². The van der Waals surface area contributed by atoms with Gasteiger partial charge >= 0.3 is 6.18 Å². The highest BCUT2D eigenvalue weighted by molar-refractivity contribution is 7.90. The number of hydrogen-bond acceptors (Lipinski definition) is 5. The van der Waals surface area contributed by atoms with E-state index in [1.807, 2.05) is 12.1 Å². The van der Waals surface area contributed by atoms with Gasteiger partial charge in [0.2, 0.25) is 5.95 Å². The lowest BCUT2D eigenvalue weighted by Crippen LogP contribution is -2.12. The van der Waals surface area contributed by atoms with E-state index in [-0.39, 0.29) is 10.8 Å². The number of alkyl halides is 3. The van der Waals surface area contributed by atoms with Crippen LogP contribution in [0.5, 0.6) is 0 Å². The highest BCUT2D eigenvalue weighted by Crippen LogP contribution is 2.34. The molecule has 6 nitrogen and oxygen atoms in total. The van der Waals surface area contributed by atoms with Crippen LogP contribution in [0.1, 0.15) is 5.56 Å². The van der Waals surface area contributed by atoms with Gasteiger partial charge in [-0.25, -0.2) is 4.98 Å². The van der Waals surface area contributed by atoms with Crippen LogP contribution in [0.2, 0.25) is 0 Å². The largest absolute Gasteiger partial charge is 0.587 e. The quantitative estimate of drug-likeness (QED) is 0.470. The molecular formula is C20H16F3N5OS. The maximum atomic E-state index is 13.2. The second-order valence-electron chi connectivity index (χ2n) is 6.40. The van der Waals surface area contributed by atoms with E-state index in [2.05, 4.69) is 15.3 Å². The molecule has 0 saturated carbocycles. The molecule has 3 N–H and O–H groups in total. The number of hydrogen-bond donors (Lipinski definition) is 2. The zero-order chi connectivity index (χ0) is 21.5. The first-order valence-electron chi connectivity index (χ1n) is 8.80. The highest BCUT2D eigenvalue weighted by atomic mass is 32.2. The van der Waals surface area contributed by atoms with Crippen molar-refractivity contribution in [3.8, 4) is 11.3 Å². The van der Waals surface area contributed by atoms with Crippen molar-refractivity contribution in [2.45, 2.75) is 11.1 Å². The number of nitrogen functional groups attached to an aromatic ring is 1. The van der Waals surface area contributed by atoms with Gasteiger partial charge in [-0.15, -0.1) is 0 Å². The van der Waals surface area contributed by atoms with Crippen molar-refractivity contribution in [1.82, 2.24) is 13.9 Å². The Morgan fingerprint density at radius 2 is 1.77 bits per heavy atom. The Morgan fingerprint density at radius 1 is 1.07 bits per heavy atom. The fourth-order valence-electron chi connectivity index (χ4n) is 3.10. The van der Waals surface area contributed by atoms with E-state index >= 15 is 0 Å². The average molecular weight is 431 g/mol. The third kappa shape index (κ3) is 3.66. The van der Waals surface area contributed by atoms with Crippen LogP contribution in [0.3, 0.4) is 0 Å². The number of aromatic nitrogens is 3. The average Bonchev–Trinajstić information content (AvgIpc) is 3.12. The number of para-hydroxylation sites is 1. The second-order valence-corrected chi connectivity index (χ2v) is 7.77. The zero-order valence-corrected chi connectivity index (χ0v) is 16.5. The summed E-state index contributed by atoms with van der Waals surface area (Å²) in [4.78, 5) is 8.59. The topological polar surface area (TPSA) is 91.8 Å². The van der Waals surface area contributed by atoms with E-state index in [0.717, 1.165) is 17.5 Å². The molecule has 2 aromatic carbocycles. The maximum absolute atomic E-state index is 13.2. The standard InChI is InChI=1S/C20H16F3N5OS/c1-25-18-10-16(26-19(24)27-18)15-11-28(17-5-3-2-4-14(15)17)30(29)13-8-6-12(7-9-13)20(21,22)23/h2-11H,1H3,(H3,24,25,26,27)/t30-/m1/s1. The van der Waals surface area contributed by atoms with Gasteiger partial charge in [-0.05, 0) is 30.3 Å². The van der Waals surface area contributed by atoms with E-state index in [9.17, 15) is 17.7 Å². The van der Waals surface area contributed by atoms with Crippen LogP contribution in [0.15, 0.2) is 65.7 Å².